The van der Waals surface area contributed by atoms with Gasteiger partial charge in [-0.15, -0.1) is 0 Å². The number of carbonyl (C=O) groups is 3. The van der Waals surface area contributed by atoms with Crippen LogP contribution in [0.25, 0.3) is 0 Å². The van der Waals surface area contributed by atoms with Crippen LogP contribution in [0.15, 0.2) is 60.7 Å². The van der Waals surface area contributed by atoms with Gasteiger partial charge in [-0.3, -0.25) is 4.79 Å². The molecule has 38 heavy (non-hydrogen) atoms. The minimum atomic E-state index is -1.07. The van der Waals surface area contributed by atoms with Crippen molar-refractivity contribution in [1.82, 2.24) is 10.6 Å². The van der Waals surface area contributed by atoms with E-state index >= 15 is 0 Å². The second-order valence-corrected chi connectivity index (χ2v) is 10.9. The van der Waals surface area contributed by atoms with Crippen LogP contribution in [0.2, 0.25) is 0 Å². The van der Waals surface area contributed by atoms with Crippen LogP contribution in [0.1, 0.15) is 52.2 Å². The fraction of sp³-hybridized carbons (Fsp3) is 0.500. The van der Waals surface area contributed by atoms with Gasteiger partial charge < -0.3 is 25.2 Å². The summed E-state index contributed by atoms with van der Waals surface area (Å²) in [5, 5.41) is 17.0. The lowest BCUT2D eigenvalue weighted by Crippen LogP contribution is -2.50. The Morgan fingerprint density at radius 3 is 1.87 bits per heavy atom. The topological polar surface area (TPSA) is 114 Å². The zero-order chi connectivity index (χ0) is 28.3. The van der Waals surface area contributed by atoms with E-state index < -0.39 is 41.8 Å². The van der Waals surface area contributed by atoms with Crippen LogP contribution in [0, 0.1) is 11.8 Å². The first-order valence-electron chi connectivity index (χ1n) is 13.0. The monoisotopic (exact) mass is 526 g/mol. The standard InChI is InChI=1S/C30H42N2O6/c1-20(2)26(28(35)37-6)32-27(34)23(17-21-13-9-7-10-14-21)19-25(33)24(18-22-15-11-8-12-16-22)31-29(36)38-30(3,4)5/h7-16,20,23-26,33H,17-19H2,1-6H3,(H,31,36)(H,32,34)/t23-,24+,25+,26+/m1/s1. The summed E-state index contributed by atoms with van der Waals surface area (Å²) in [7, 11) is 1.28. The van der Waals surface area contributed by atoms with Gasteiger partial charge in [-0.2, -0.15) is 0 Å². The number of carbonyl (C=O) groups excluding carboxylic acids is 3. The SMILES string of the molecule is COC(=O)[C@@H](NC(=O)[C@H](Cc1ccccc1)C[C@H](O)[C@H](Cc1ccccc1)NC(=O)OC(C)(C)C)C(C)C. The Morgan fingerprint density at radius 2 is 1.39 bits per heavy atom. The molecular weight excluding hydrogens is 484 g/mol. The fourth-order valence-corrected chi connectivity index (χ4v) is 4.14. The van der Waals surface area contributed by atoms with Gasteiger partial charge in [0.15, 0.2) is 0 Å². The largest absolute Gasteiger partial charge is 0.467 e. The zero-order valence-corrected chi connectivity index (χ0v) is 23.3. The molecule has 0 heterocycles. The Labute approximate surface area is 226 Å². The van der Waals surface area contributed by atoms with Gasteiger partial charge in [0, 0.05) is 5.92 Å². The molecule has 0 aliphatic rings. The van der Waals surface area contributed by atoms with Crippen molar-refractivity contribution < 1.29 is 29.0 Å². The van der Waals surface area contributed by atoms with Crippen molar-refractivity contribution in [3.63, 3.8) is 0 Å². The van der Waals surface area contributed by atoms with Crippen molar-refractivity contribution in [2.75, 3.05) is 7.11 Å². The van der Waals surface area contributed by atoms with E-state index in [0.717, 1.165) is 11.1 Å². The molecule has 0 saturated heterocycles. The van der Waals surface area contributed by atoms with Gasteiger partial charge in [0.1, 0.15) is 11.6 Å². The van der Waals surface area contributed by atoms with Gasteiger partial charge >= 0.3 is 12.1 Å². The number of ether oxygens (including phenoxy) is 2. The van der Waals surface area contributed by atoms with Gasteiger partial charge in [-0.05, 0) is 57.1 Å². The van der Waals surface area contributed by atoms with E-state index in [4.69, 9.17) is 9.47 Å². The smallest absolute Gasteiger partial charge is 0.407 e. The molecule has 0 fully saturated rings. The van der Waals surface area contributed by atoms with Crippen LogP contribution >= 0.6 is 0 Å². The molecule has 2 aromatic carbocycles. The number of aliphatic hydroxyl groups excluding tert-OH is 1. The maximum Gasteiger partial charge on any atom is 0.407 e. The molecule has 0 aliphatic heterocycles. The third kappa shape index (κ3) is 10.5. The molecule has 2 amide bonds. The maximum absolute atomic E-state index is 13.5. The van der Waals surface area contributed by atoms with Crippen molar-refractivity contribution in [1.29, 1.82) is 0 Å². The summed E-state index contributed by atoms with van der Waals surface area (Å²) in [5.74, 6) is -1.75. The van der Waals surface area contributed by atoms with Crippen LogP contribution in [-0.2, 0) is 31.9 Å². The minimum Gasteiger partial charge on any atom is -0.467 e. The number of esters is 1. The van der Waals surface area contributed by atoms with Crippen molar-refractivity contribution in [2.24, 2.45) is 11.8 Å². The number of rotatable bonds is 12. The molecule has 2 rings (SSSR count). The summed E-state index contributed by atoms with van der Waals surface area (Å²) < 4.78 is 10.3. The van der Waals surface area contributed by atoms with Crippen LogP contribution in [0.3, 0.4) is 0 Å². The first-order chi connectivity index (χ1) is 17.9. The Hall–Kier alpha value is -3.39. The maximum atomic E-state index is 13.5. The Balaban J connectivity index is 2.29. The molecule has 3 N–H and O–H groups in total. The van der Waals surface area contributed by atoms with Crippen LogP contribution in [-0.4, -0.2) is 54.0 Å². The molecule has 208 valence electrons. The average Bonchev–Trinajstić information content (AvgIpc) is 2.85. The van der Waals surface area contributed by atoms with E-state index in [9.17, 15) is 19.5 Å². The summed E-state index contributed by atoms with van der Waals surface area (Å²) in [4.78, 5) is 38.4. The highest BCUT2D eigenvalue weighted by atomic mass is 16.6. The normalized spacial score (nSPS) is 14.6. The van der Waals surface area contributed by atoms with Crippen LogP contribution in [0.4, 0.5) is 4.79 Å². The van der Waals surface area contributed by atoms with E-state index in [0.29, 0.717) is 12.8 Å². The number of aliphatic hydroxyl groups is 1. The Bertz CT molecular complexity index is 1020. The van der Waals surface area contributed by atoms with Gasteiger partial charge in [-0.1, -0.05) is 74.5 Å². The highest BCUT2D eigenvalue weighted by molar-refractivity contribution is 5.86. The highest BCUT2D eigenvalue weighted by Gasteiger charge is 2.33. The number of nitrogens with one attached hydrogen (secondary N) is 2. The summed E-state index contributed by atoms with van der Waals surface area (Å²) in [6, 6.07) is 17.4. The summed E-state index contributed by atoms with van der Waals surface area (Å²) >= 11 is 0. The lowest BCUT2D eigenvalue weighted by atomic mass is 9.88. The van der Waals surface area contributed by atoms with Crippen molar-refractivity contribution in [2.45, 2.75) is 77.7 Å². The predicted octanol–water partition coefficient (Wildman–Crippen LogP) is 4.05. The van der Waals surface area contributed by atoms with E-state index in [1.54, 1.807) is 20.8 Å². The number of alkyl carbamates (subject to hydrolysis) is 1. The molecular formula is C30H42N2O6. The molecule has 0 unspecified atom stereocenters. The van der Waals surface area contributed by atoms with E-state index in [2.05, 4.69) is 10.6 Å². The molecule has 0 aromatic heterocycles. The third-order valence-corrected chi connectivity index (χ3v) is 6.11. The third-order valence-electron chi connectivity index (χ3n) is 6.11. The molecule has 8 heteroatoms. The molecule has 2 aromatic rings. The molecule has 0 saturated carbocycles. The second-order valence-electron chi connectivity index (χ2n) is 10.9. The highest BCUT2D eigenvalue weighted by Crippen LogP contribution is 2.20. The van der Waals surface area contributed by atoms with E-state index in [1.165, 1.54) is 7.11 Å². The Morgan fingerprint density at radius 1 is 0.868 bits per heavy atom. The first kappa shape index (κ1) is 30.8. The van der Waals surface area contributed by atoms with Gasteiger partial charge in [-0.25, -0.2) is 9.59 Å². The van der Waals surface area contributed by atoms with Gasteiger partial charge in [0.05, 0.1) is 19.3 Å². The number of hydrogen-bond donors (Lipinski definition) is 3. The van der Waals surface area contributed by atoms with Crippen molar-refractivity contribution in [3.05, 3.63) is 71.8 Å². The molecule has 0 aliphatic carbocycles. The lowest BCUT2D eigenvalue weighted by Gasteiger charge is -2.30. The predicted molar refractivity (Wildman–Crippen MR) is 146 cm³/mol. The number of benzene rings is 2. The fourth-order valence-electron chi connectivity index (χ4n) is 4.14. The van der Waals surface area contributed by atoms with Crippen LogP contribution < -0.4 is 10.6 Å². The zero-order valence-electron chi connectivity index (χ0n) is 23.3. The minimum absolute atomic E-state index is 0.0556. The number of amides is 2. The van der Waals surface area contributed by atoms with Crippen LogP contribution in [0.5, 0.6) is 0 Å². The van der Waals surface area contributed by atoms with Crippen molar-refractivity contribution in [3.8, 4) is 0 Å². The molecule has 4 atom stereocenters. The molecule has 8 nitrogen and oxygen atoms in total. The Kier molecular flexibility index (Phi) is 11.8. The number of hydrogen-bond acceptors (Lipinski definition) is 6. The quantitative estimate of drug-likeness (QED) is 0.360. The molecule has 0 radical (unpaired) electrons. The second kappa shape index (κ2) is 14.5. The van der Waals surface area contributed by atoms with E-state index in [1.807, 2.05) is 74.5 Å². The average molecular weight is 527 g/mol. The van der Waals surface area contributed by atoms with Gasteiger partial charge in [0.2, 0.25) is 5.91 Å². The summed E-state index contributed by atoms with van der Waals surface area (Å²) in [6.07, 6.45) is -0.970. The van der Waals surface area contributed by atoms with Gasteiger partial charge in [0.25, 0.3) is 0 Å². The first-order valence-corrected chi connectivity index (χ1v) is 13.0. The summed E-state index contributed by atoms with van der Waals surface area (Å²) in [5.41, 5.74) is 1.13. The molecule has 0 spiro atoms. The van der Waals surface area contributed by atoms with Crippen molar-refractivity contribution >= 4 is 18.0 Å². The molecule has 0 bridgehead atoms. The lowest BCUT2D eigenvalue weighted by molar-refractivity contribution is -0.147. The number of methoxy groups -OCH3 is 1. The van der Waals surface area contributed by atoms with E-state index in [-0.39, 0.29) is 18.2 Å². The summed E-state index contributed by atoms with van der Waals surface area (Å²) in [6.45, 7) is 8.94.